The number of carbonyl (C=O) groups excluding carboxylic acids is 2. The second kappa shape index (κ2) is 29.7. The number of carboxylic acid groups (broad SMARTS) is 1. The van der Waals surface area contributed by atoms with Gasteiger partial charge in [-0.1, -0.05) is 107 Å². The Hall–Kier alpha value is -2.71. The van der Waals surface area contributed by atoms with E-state index in [1.807, 2.05) is 21.1 Å². The lowest BCUT2D eigenvalue weighted by Crippen LogP contribution is -2.50. The fourth-order valence-electron chi connectivity index (χ4n) is 4.87. The first-order valence-corrected chi connectivity index (χ1v) is 17.6. The predicted octanol–water partition coefficient (Wildman–Crippen LogP) is 8.51. The van der Waals surface area contributed by atoms with E-state index in [1.165, 1.54) is 58.3 Å². The number of ether oxygens (including phenoxy) is 3. The molecule has 0 aromatic carbocycles. The summed E-state index contributed by atoms with van der Waals surface area (Å²) in [5.74, 6) is -1.68. The molecule has 0 fully saturated rings. The van der Waals surface area contributed by atoms with Gasteiger partial charge in [0.05, 0.1) is 34.4 Å². The van der Waals surface area contributed by atoms with Gasteiger partial charge in [-0.25, -0.2) is 4.79 Å². The molecule has 264 valence electrons. The van der Waals surface area contributed by atoms with Crippen molar-refractivity contribution in [3.63, 3.8) is 0 Å². The van der Waals surface area contributed by atoms with Crippen LogP contribution >= 0.6 is 0 Å². The topological polar surface area (TPSA) is 99.1 Å². The zero-order chi connectivity index (χ0) is 34.3. The van der Waals surface area contributed by atoms with E-state index in [-0.39, 0.29) is 30.3 Å². The summed E-state index contributed by atoms with van der Waals surface area (Å²) in [6, 6.07) is -0.610. The van der Waals surface area contributed by atoms with Gasteiger partial charge in [-0.2, -0.15) is 0 Å². The number of unbranched alkanes of at least 4 members (excludes halogenated alkanes) is 10. The van der Waals surface area contributed by atoms with Gasteiger partial charge in [-0.05, 0) is 44.9 Å². The molecule has 0 aliphatic rings. The van der Waals surface area contributed by atoms with E-state index < -0.39 is 24.1 Å². The van der Waals surface area contributed by atoms with Crippen LogP contribution in [0.1, 0.15) is 123 Å². The number of esters is 2. The molecule has 0 spiro atoms. The number of aliphatic carboxylic acids is 1. The molecule has 0 heterocycles. The standard InChI is InChI=1S/C38H65NO7/c1-6-7-8-9-10-11-12-13-14-15-16-17-18-19-20-21-22-23-24-25-26-27-28-29-37(41)46-35(33-45-34(2)40)32-44-31-30-36(38(42)43)39(3,4)5/h7-8,10-11,13-14,16-17,35-36H,6,9,12,15,18-33H2,1-5H3/p+1/b8-7-,11-10-,14-13-,17-16-. The summed E-state index contributed by atoms with van der Waals surface area (Å²) in [5.41, 5.74) is 0. The van der Waals surface area contributed by atoms with Crippen LogP contribution < -0.4 is 0 Å². The van der Waals surface area contributed by atoms with Crippen molar-refractivity contribution in [2.24, 2.45) is 0 Å². The molecule has 46 heavy (non-hydrogen) atoms. The molecule has 0 saturated heterocycles. The average molecular weight is 649 g/mol. The first-order chi connectivity index (χ1) is 22.1. The number of quaternary nitrogens is 1. The molecule has 0 aromatic heterocycles. The van der Waals surface area contributed by atoms with Gasteiger partial charge in [-0.15, -0.1) is 0 Å². The monoisotopic (exact) mass is 648 g/mol. The van der Waals surface area contributed by atoms with Crippen molar-refractivity contribution >= 4 is 17.9 Å². The van der Waals surface area contributed by atoms with Crippen LogP contribution in [0.25, 0.3) is 0 Å². The van der Waals surface area contributed by atoms with Crippen molar-refractivity contribution in [1.29, 1.82) is 0 Å². The van der Waals surface area contributed by atoms with Gasteiger partial charge in [0.15, 0.2) is 12.1 Å². The molecule has 0 saturated carbocycles. The average Bonchev–Trinajstić information content (AvgIpc) is 2.99. The molecular weight excluding hydrogens is 582 g/mol. The minimum Gasteiger partial charge on any atom is -0.477 e. The zero-order valence-electron chi connectivity index (χ0n) is 29.8. The molecule has 0 radical (unpaired) electrons. The van der Waals surface area contributed by atoms with E-state index in [9.17, 15) is 19.5 Å². The second-order valence-corrected chi connectivity index (χ2v) is 12.8. The smallest absolute Gasteiger partial charge is 0.362 e. The van der Waals surface area contributed by atoms with Crippen molar-refractivity contribution < 1.29 is 38.2 Å². The van der Waals surface area contributed by atoms with Gasteiger partial charge in [0.1, 0.15) is 6.61 Å². The Balaban J connectivity index is 3.85. The lowest BCUT2D eigenvalue weighted by atomic mass is 10.0. The Morgan fingerprint density at radius 2 is 1.20 bits per heavy atom. The Morgan fingerprint density at radius 1 is 0.696 bits per heavy atom. The van der Waals surface area contributed by atoms with Crippen LogP contribution in [-0.4, -0.2) is 80.6 Å². The predicted molar refractivity (Wildman–Crippen MR) is 188 cm³/mol. The summed E-state index contributed by atoms with van der Waals surface area (Å²) in [6.07, 6.45) is 34.9. The molecule has 0 aromatic rings. The Labute approximate surface area is 280 Å². The van der Waals surface area contributed by atoms with Crippen molar-refractivity contribution in [1.82, 2.24) is 0 Å². The van der Waals surface area contributed by atoms with Crippen molar-refractivity contribution in [3.05, 3.63) is 48.6 Å². The number of hydrogen-bond acceptors (Lipinski definition) is 6. The number of likely N-dealkylation sites (N-methyl/N-ethyl adjacent to an activating group) is 1. The van der Waals surface area contributed by atoms with Gasteiger partial charge < -0.3 is 23.8 Å². The van der Waals surface area contributed by atoms with Crippen LogP contribution in [0.3, 0.4) is 0 Å². The highest BCUT2D eigenvalue weighted by Crippen LogP contribution is 2.13. The summed E-state index contributed by atoms with van der Waals surface area (Å²) in [6.45, 7) is 3.62. The normalized spacial score (nSPS) is 13.7. The van der Waals surface area contributed by atoms with Crippen LogP contribution in [0.4, 0.5) is 0 Å². The fourth-order valence-corrected chi connectivity index (χ4v) is 4.87. The van der Waals surface area contributed by atoms with Crippen molar-refractivity contribution in [3.8, 4) is 0 Å². The molecule has 1 N–H and O–H groups in total. The van der Waals surface area contributed by atoms with Crippen LogP contribution in [0.15, 0.2) is 48.6 Å². The highest BCUT2D eigenvalue weighted by Gasteiger charge is 2.31. The molecule has 0 aliphatic heterocycles. The van der Waals surface area contributed by atoms with Crippen LogP contribution in [0.2, 0.25) is 0 Å². The van der Waals surface area contributed by atoms with E-state index in [4.69, 9.17) is 14.2 Å². The number of hydrogen-bond donors (Lipinski definition) is 1. The lowest BCUT2D eigenvalue weighted by Gasteiger charge is -2.31. The minimum atomic E-state index is -0.886. The maximum atomic E-state index is 12.4. The number of allylic oxidation sites excluding steroid dienone is 8. The third kappa shape index (κ3) is 28.7. The number of carboxylic acids is 1. The maximum absolute atomic E-state index is 12.4. The Bertz CT molecular complexity index is 901. The summed E-state index contributed by atoms with van der Waals surface area (Å²) in [7, 11) is 5.46. The van der Waals surface area contributed by atoms with Gasteiger partial charge in [0.25, 0.3) is 0 Å². The molecule has 2 unspecified atom stereocenters. The molecule has 0 aliphatic carbocycles. The Kier molecular flexibility index (Phi) is 27.9. The van der Waals surface area contributed by atoms with Gasteiger partial charge in [-0.3, -0.25) is 9.59 Å². The third-order valence-corrected chi connectivity index (χ3v) is 7.55. The SMILES string of the molecule is CC/C=C\C/C=C\C/C=C\C/C=C\CCCCCCCCCCCCC(=O)OC(COCCC(C(=O)O)[N+](C)(C)C)COC(C)=O. The molecule has 2 atom stereocenters. The van der Waals surface area contributed by atoms with Gasteiger partial charge >= 0.3 is 17.9 Å². The first kappa shape index (κ1) is 43.3. The molecule has 0 rings (SSSR count). The van der Waals surface area contributed by atoms with Crippen LogP contribution in [0.5, 0.6) is 0 Å². The summed E-state index contributed by atoms with van der Waals surface area (Å²) < 4.78 is 16.4. The first-order valence-electron chi connectivity index (χ1n) is 17.6. The highest BCUT2D eigenvalue weighted by molar-refractivity contribution is 5.72. The molecule has 0 bridgehead atoms. The fraction of sp³-hybridized carbons (Fsp3) is 0.711. The summed E-state index contributed by atoms with van der Waals surface area (Å²) in [4.78, 5) is 35.1. The molecular formula is C38H66NO7+. The van der Waals surface area contributed by atoms with E-state index >= 15 is 0 Å². The lowest BCUT2D eigenvalue weighted by molar-refractivity contribution is -0.887. The Morgan fingerprint density at radius 3 is 1.70 bits per heavy atom. The van der Waals surface area contributed by atoms with E-state index in [2.05, 4.69) is 55.5 Å². The molecule has 0 amide bonds. The molecule has 8 nitrogen and oxygen atoms in total. The van der Waals surface area contributed by atoms with Crippen LogP contribution in [0, 0.1) is 0 Å². The summed E-state index contributed by atoms with van der Waals surface area (Å²) >= 11 is 0. The van der Waals surface area contributed by atoms with Gasteiger partial charge in [0, 0.05) is 19.8 Å². The number of rotatable bonds is 30. The van der Waals surface area contributed by atoms with Gasteiger partial charge in [0.2, 0.25) is 0 Å². The van der Waals surface area contributed by atoms with E-state index in [0.717, 1.165) is 44.9 Å². The van der Waals surface area contributed by atoms with Crippen LogP contribution in [-0.2, 0) is 28.6 Å². The molecule has 8 heteroatoms. The maximum Gasteiger partial charge on any atom is 0.362 e. The zero-order valence-corrected chi connectivity index (χ0v) is 29.8. The number of nitrogens with zero attached hydrogens (tertiary/aromatic N) is 1. The largest absolute Gasteiger partial charge is 0.477 e. The van der Waals surface area contributed by atoms with Crippen molar-refractivity contribution in [2.45, 2.75) is 135 Å². The second-order valence-electron chi connectivity index (χ2n) is 12.8. The quantitative estimate of drug-likeness (QED) is 0.0361. The third-order valence-electron chi connectivity index (χ3n) is 7.55. The number of carbonyl (C=O) groups is 3. The van der Waals surface area contributed by atoms with E-state index in [0.29, 0.717) is 12.8 Å². The minimum absolute atomic E-state index is 0.0485. The van der Waals surface area contributed by atoms with E-state index in [1.54, 1.807) is 0 Å². The highest BCUT2D eigenvalue weighted by atomic mass is 16.6. The van der Waals surface area contributed by atoms with Crippen molar-refractivity contribution in [2.75, 3.05) is 41.0 Å². The summed E-state index contributed by atoms with van der Waals surface area (Å²) in [5, 5.41) is 9.45.